The van der Waals surface area contributed by atoms with Gasteiger partial charge in [0.1, 0.15) is 5.03 Å². The lowest BCUT2D eigenvalue weighted by atomic mass is 10.2. The van der Waals surface area contributed by atoms with Crippen LogP contribution in [0.5, 0.6) is 0 Å². The van der Waals surface area contributed by atoms with Crippen LogP contribution < -0.4 is 5.73 Å². The number of nitrogens with zero attached hydrogens (tertiary/aromatic N) is 2. The molecule has 0 bridgehead atoms. The molecular formula is C12H13N3OS. The van der Waals surface area contributed by atoms with Gasteiger partial charge >= 0.3 is 0 Å². The van der Waals surface area contributed by atoms with Crippen LogP contribution >= 0.6 is 0 Å². The average Bonchev–Trinajstić information content (AvgIpc) is 2.38. The zero-order chi connectivity index (χ0) is 12.1. The molecule has 1 unspecified atom stereocenters. The van der Waals surface area contributed by atoms with Crippen LogP contribution in [0.25, 0.3) is 0 Å². The number of hydrogen-bond acceptors (Lipinski definition) is 4. The minimum Gasteiger partial charge on any atom is -0.396 e. The molecule has 0 spiro atoms. The molecule has 2 aromatic rings. The van der Waals surface area contributed by atoms with Gasteiger partial charge in [0, 0.05) is 24.3 Å². The Labute approximate surface area is 102 Å². The van der Waals surface area contributed by atoms with E-state index in [1.807, 2.05) is 12.1 Å². The van der Waals surface area contributed by atoms with Crippen LogP contribution in [0.1, 0.15) is 5.56 Å². The number of nitrogens with two attached hydrogens (primary N) is 1. The van der Waals surface area contributed by atoms with E-state index >= 15 is 0 Å². The third kappa shape index (κ3) is 3.10. The molecule has 0 fully saturated rings. The van der Waals surface area contributed by atoms with Crippen molar-refractivity contribution in [3.8, 4) is 0 Å². The maximum absolute atomic E-state index is 12.0. The lowest BCUT2D eigenvalue weighted by Crippen LogP contribution is -2.06. The molecule has 0 aliphatic heterocycles. The second-order valence-corrected chi connectivity index (χ2v) is 5.04. The van der Waals surface area contributed by atoms with E-state index < -0.39 is 10.8 Å². The Morgan fingerprint density at radius 1 is 1.24 bits per heavy atom. The molecule has 5 heteroatoms. The van der Waals surface area contributed by atoms with E-state index in [1.54, 1.807) is 30.7 Å². The smallest absolute Gasteiger partial charge is 0.150 e. The molecule has 0 aromatic carbocycles. The van der Waals surface area contributed by atoms with Crippen molar-refractivity contribution in [2.45, 2.75) is 11.4 Å². The lowest BCUT2D eigenvalue weighted by Gasteiger charge is -2.04. The molecule has 0 radical (unpaired) electrons. The highest BCUT2D eigenvalue weighted by atomic mass is 32.2. The number of aromatic nitrogens is 2. The summed E-state index contributed by atoms with van der Waals surface area (Å²) in [6.07, 6.45) is 5.81. The summed E-state index contributed by atoms with van der Waals surface area (Å²) in [6, 6.07) is 7.28. The molecule has 17 heavy (non-hydrogen) atoms. The zero-order valence-electron chi connectivity index (χ0n) is 9.24. The lowest BCUT2D eigenvalue weighted by molar-refractivity contribution is 0.680. The Morgan fingerprint density at radius 2 is 2.06 bits per heavy atom. The average molecular weight is 247 g/mol. The summed E-state index contributed by atoms with van der Waals surface area (Å²) in [4.78, 5) is 8.06. The predicted octanol–water partition coefficient (Wildman–Crippen LogP) is 1.41. The summed E-state index contributed by atoms with van der Waals surface area (Å²) in [5.41, 5.74) is 7.27. The molecule has 2 aromatic heterocycles. The number of anilines is 1. The molecule has 0 aliphatic rings. The Balaban J connectivity index is 2.01. The predicted molar refractivity (Wildman–Crippen MR) is 67.9 cm³/mol. The Morgan fingerprint density at radius 3 is 2.76 bits per heavy atom. The highest BCUT2D eigenvalue weighted by molar-refractivity contribution is 7.85. The molecule has 2 N–H and O–H groups in total. The second-order valence-electron chi connectivity index (χ2n) is 3.56. The minimum absolute atomic E-state index is 0.469. The fourth-order valence-corrected chi connectivity index (χ4v) is 2.57. The van der Waals surface area contributed by atoms with Crippen molar-refractivity contribution in [3.05, 3.63) is 48.4 Å². The summed E-state index contributed by atoms with van der Waals surface area (Å²) in [5.74, 6) is 0.507. The van der Waals surface area contributed by atoms with Crippen molar-refractivity contribution in [2.24, 2.45) is 0 Å². The maximum atomic E-state index is 12.0. The largest absolute Gasteiger partial charge is 0.396 e. The fraction of sp³-hybridized carbons (Fsp3) is 0.167. The zero-order valence-corrected chi connectivity index (χ0v) is 10.1. The summed E-state index contributed by atoms with van der Waals surface area (Å²) in [6.45, 7) is 0. The minimum atomic E-state index is -1.16. The summed E-state index contributed by atoms with van der Waals surface area (Å²) >= 11 is 0. The van der Waals surface area contributed by atoms with E-state index in [1.165, 1.54) is 0 Å². The van der Waals surface area contributed by atoms with Crippen molar-refractivity contribution in [1.29, 1.82) is 0 Å². The molecule has 1 atom stereocenters. The number of hydrogen-bond donors (Lipinski definition) is 1. The number of pyridine rings is 2. The summed E-state index contributed by atoms with van der Waals surface area (Å²) in [5, 5.41) is 0.469. The van der Waals surface area contributed by atoms with Gasteiger partial charge in [-0.25, -0.2) is 4.98 Å². The van der Waals surface area contributed by atoms with Gasteiger partial charge < -0.3 is 5.73 Å². The van der Waals surface area contributed by atoms with Gasteiger partial charge in [-0.3, -0.25) is 9.19 Å². The Kier molecular flexibility index (Phi) is 3.82. The summed E-state index contributed by atoms with van der Waals surface area (Å²) in [7, 11) is -1.16. The van der Waals surface area contributed by atoms with Crippen LogP contribution in [0.15, 0.2) is 47.9 Å². The topological polar surface area (TPSA) is 68.9 Å². The Bertz CT molecular complexity index is 516. The SMILES string of the molecule is Nc1cccnc1S(=O)CCc1cccnc1. The van der Waals surface area contributed by atoms with Gasteiger partial charge in [-0.05, 0) is 30.2 Å². The fourth-order valence-electron chi connectivity index (χ4n) is 1.45. The highest BCUT2D eigenvalue weighted by Crippen LogP contribution is 2.13. The molecule has 0 saturated carbocycles. The quantitative estimate of drug-likeness (QED) is 0.887. The van der Waals surface area contributed by atoms with Gasteiger partial charge in [-0.1, -0.05) is 6.07 Å². The van der Waals surface area contributed by atoms with Gasteiger partial charge in [0.15, 0.2) is 0 Å². The van der Waals surface area contributed by atoms with E-state index in [0.717, 1.165) is 5.56 Å². The van der Waals surface area contributed by atoms with Crippen LogP contribution in [0.3, 0.4) is 0 Å². The van der Waals surface area contributed by atoms with Crippen LogP contribution in [-0.4, -0.2) is 19.9 Å². The van der Waals surface area contributed by atoms with E-state index in [2.05, 4.69) is 9.97 Å². The number of nitrogen functional groups attached to an aromatic ring is 1. The highest BCUT2D eigenvalue weighted by Gasteiger charge is 2.08. The third-order valence-electron chi connectivity index (χ3n) is 2.32. The van der Waals surface area contributed by atoms with Crippen LogP contribution in [0.4, 0.5) is 5.69 Å². The first kappa shape index (κ1) is 11.7. The van der Waals surface area contributed by atoms with Crippen LogP contribution in [-0.2, 0) is 17.2 Å². The van der Waals surface area contributed by atoms with Crippen LogP contribution in [0, 0.1) is 0 Å². The van der Waals surface area contributed by atoms with Crippen LogP contribution in [0.2, 0.25) is 0 Å². The maximum Gasteiger partial charge on any atom is 0.150 e. The van der Waals surface area contributed by atoms with Crippen molar-refractivity contribution in [2.75, 3.05) is 11.5 Å². The van der Waals surface area contributed by atoms with E-state index in [0.29, 0.717) is 22.9 Å². The van der Waals surface area contributed by atoms with Gasteiger partial charge in [0.05, 0.1) is 16.5 Å². The standard InChI is InChI=1S/C12H13N3OS/c13-11-4-2-7-15-12(11)17(16)8-5-10-3-1-6-14-9-10/h1-4,6-7,9H,5,8,13H2. The molecule has 4 nitrogen and oxygen atoms in total. The molecule has 2 heterocycles. The van der Waals surface area contributed by atoms with E-state index in [9.17, 15) is 4.21 Å². The van der Waals surface area contributed by atoms with E-state index in [-0.39, 0.29) is 0 Å². The van der Waals surface area contributed by atoms with Gasteiger partial charge in [-0.15, -0.1) is 0 Å². The molecule has 88 valence electrons. The first-order chi connectivity index (χ1) is 8.27. The number of aryl methyl sites for hydroxylation is 1. The molecular weight excluding hydrogens is 234 g/mol. The van der Waals surface area contributed by atoms with Crippen molar-refractivity contribution >= 4 is 16.5 Å². The monoisotopic (exact) mass is 247 g/mol. The molecule has 2 rings (SSSR count). The molecule has 0 saturated heterocycles. The molecule has 0 aliphatic carbocycles. The third-order valence-corrected chi connectivity index (χ3v) is 3.66. The normalized spacial score (nSPS) is 12.2. The van der Waals surface area contributed by atoms with Crippen molar-refractivity contribution in [3.63, 3.8) is 0 Å². The molecule has 0 amide bonds. The van der Waals surface area contributed by atoms with E-state index in [4.69, 9.17) is 5.73 Å². The second kappa shape index (κ2) is 5.54. The first-order valence-corrected chi connectivity index (χ1v) is 6.57. The van der Waals surface area contributed by atoms with Gasteiger partial charge in [0.2, 0.25) is 0 Å². The number of rotatable bonds is 4. The van der Waals surface area contributed by atoms with Crippen molar-refractivity contribution < 1.29 is 4.21 Å². The first-order valence-electron chi connectivity index (χ1n) is 5.25. The van der Waals surface area contributed by atoms with Gasteiger partial charge in [0.25, 0.3) is 0 Å². The van der Waals surface area contributed by atoms with Crippen molar-refractivity contribution in [1.82, 2.24) is 9.97 Å². The van der Waals surface area contributed by atoms with Gasteiger partial charge in [-0.2, -0.15) is 0 Å². The summed E-state index contributed by atoms with van der Waals surface area (Å²) < 4.78 is 12.0. The Hall–Kier alpha value is -1.75.